The average molecular weight is 268 g/mol. The van der Waals surface area contributed by atoms with E-state index in [9.17, 15) is 4.79 Å². The Morgan fingerprint density at radius 3 is 2.85 bits per heavy atom. The van der Waals surface area contributed by atoms with Gasteiger partial charge in [-0.15, -0.1) is 0 Å². The highest BCUT2D eigenvalue weighted by atomic mass is 16.1. The van der Waals surface area contributed by atoms with Crippen LogP contribution in [0.25, 0.3) is 5.69 Å². The standard InChI is InChI=1S/C15H16N4O/c1-11(12-9-16-10-12)15(20)18-13-4-2-5-14(8-13)19-7-3-6-17-19/h2-8,16H,9-10H2,1H3,(H,18,20). The first-order valence-corrected chi connectivity index (χ1v) is 6.55. The Labute approximate surface area is 117 Å². The Bertz CT molecular complexity index is 652. The maximum Gasteiger partial charge on any atom is 0.251 e. The first kappa shape index (κ1) is 12.6. The summed E-state index contributed by atoms with van der Waals surface area (Å²) in [5, 5.41) is 10.2. The molecule has 5 nitrogen and oxygen atoms in total. The quantitative estimate of drug-likeness (QED) is 0.833. The average Bonchev–Trinajstić information content (AvgIpc) is 2.90. The van der Waals surface area contributed by atoms with Crippen molar-refractivity contribution in [3.8, 4) is 5.69 Å². The summed E-state index contributed by atoms with van der Waals surface area (Å²) in [6.07, 6.45) is 3.59. The lowest BCUT2D eigenvalue weighted by Crippen LogP contribution is -2.36. The third-order valence-electron chi connectivity index (χ3n) is 3.42. The second-order valence-corrected chi connectivity index (χ2v) is 4.79. The van der Waals surface area contributed by atoms with Crippen molar-refractivity contribution in [3.05, 3.63) is 53.9 Å². The van der Waals surface area contributed by atoms with Crippen molar-refractivity contribution < 1.29 is 4.79 Å². The summed E-state index contributed by atoms with van der Waals surface area (Å²) in [4.78, 5) is 12.1. The number of benzene rings is 1. The molecule has 1 saturated heterocycles. The zero-order valence-corrected chi connectivity index (χ0v) is 11.3. The molecule has 1 amide bonds. The highest BCUT2D eigenvalue weighted by Gasteiger charge is 2.16. The number of hydrogen-bond donors (Lipinski definition) is 2. The number of carbonyl (C=O) groups excluding carboxylic acids is 1. The minimum absolute atomic E-state index is 0.0425. The van der Waals surface area contributed by atoms with Crippen LogP contribution in [0.2, 0.25) is 0 Å². The van der Waals surface area contributed by atoms with Gasteiger partial charge in [-0.2, -0.15) is 5.10 Å². The molecule has 1 aromatic heterocycles. The van der Waals surface area contributed by atoms with Gasteiger partial charge in [0, 0.05) is 36.7 Å². The van der Waals surface area contributed by atoms with Crippen LogP contribution in [0, 0.1) is 0 Å². The summed E-state index contributed by atoms with van der Waals surface area (Å²) in [5.41, 5.74) is 3.66. The normalized spacial score (nSPS) is 13.8. The topological polar surface area (TPSA) is 59.0 Å². The summed E-state index contributed by atoms with van der Waals surface area (Å²) < 4.78 is 1.76. The molecule has 2 heterocycles. The zero-order chi connectivity index (χ0) is 13.9. The first-order valence-electron chi connectivity index (χ1n) is 6.55. The van der Waals surface area contributed by atoms with Crippen molar-refractivity contribution >= 4 is 11.6 Å². The van der Waals surface area contributed by atoms with Gasteiger partial charge in [0.15, 0.2) is 0 Å². The number of nitrogens with zero attached hydrogens (tertiary/aromatic N) is 2. The molecule has 1 aliphatic heterocycles. The van der Waals surface area contributed by atoms with Gasteiger partial charge in [-0.05, 0) is 36.8 Å². The molecule has 102 valence electrons. The van der Waals surface area contributed by atoms with Crippen LogP contribution in [-0.2, 0) is 4.79 Å². The van der Waals surface area contributed by atoms with Crippen LogP contribution in [0.15, 0.2) is 53.9 Å². The van der Waals surface area contributed by atoms with Gasteiger partial charge in [0.05, 0.1) is 5.69 Å². The minimum Gasteiger partial charge on any atom is -0.322 e. The van der Waals surface area contributed by atoms with E-state index < -0.39 is 0 Å². The summed E-state index contributed by atoms with van der Waals surface area (Å²) in [7, 11) is 0. The van der Waals surface area contributed by atoms with Crippen molar-refractivity contribution in [2.75, 3.05) is 18.4 Å². The van der Waals surface area contributed by atoms with Gasteiger partial charge in [-0.25, -0.2) is 4.68 Å². The molecular weight excluding hydrogens is 252 g/mol. The van der Waals surface area contributed by atoms with E-state index >= 15 is 0 Å². The van der Waals surface area contributed by atoms with E-state index in [0.717, 1.165) is 30.0 Å². The Morgan fingerprint density at radius 2 is 2.20 bits per heavy atom. The summed E-state index contributed by atoms with van der Waals surface area (Å²) in [5.74, 6) is -0.0425. The molecule has 0 aliphatic carbocycles. The number of nitrogens with one attached hydrogen (secondary N) is 2. The van der Waals surface area contributed by atoms with Crippen LogP contribution in [0.4, 0.5) is 5.69 Å². The van der Waals surface area contributed by atoms with Crippen LogP contribution >= 0.6 is 0 Å². The van der Waals surface area contributed by atoms with Gasteiger partial charge in [0.1, 0.15) is 0 Å². The van der Waals surface area contributed by atoms with Gasteiger partial charge in [0.2, 0.25) is 0 Å². The lowest BCUT2D eigenvalue weighted by atomic mass is 10.0. The van der Waals surface area contributed by atoms with Gasteiger partial charge >= 0.3 is 0 Å². The van der Waals surface area contributed by atoms with E-state index in [1.807, 2.05) is 43.5 Å². The fraction of sp³-hybridized carbons (Fsp3) is 0.200. The fourth-order valence-electron chi connectivity index (χ4n) is 2.05. The van der Waals surface area contributed by atoms with Crippen molar-refractivity contribution in [1.29, 1.82) is 0 Å². The predicted octanol–water partition coefficient (Wildman–Crippen LogP) is 1.73. The van der Waals surface area contributed by atoms with E-state index in [4.69, 9.17) is 0 Å². The van der Waals surface area contributed by atoms with Crippen LogP contribution in [0.3, 0.4) is 0 Å². The Kier molecular flexibility index (Phi) is 3.35. The number of anilines is 1. The van der Waals surface area contributed by atoms with Gasteiger partial charge < -0.3 is 10.6 Å². The molecule has 0 bridgehead atoms. The maximum atomic E-state index is 12.1. The molecular formula is C15H16N4O. The Balaban J connectivity index is 1.78. The lowest BCUT2D eigenvalue weighted by molar-refractivity contribution is -0.112. The first-order chi connectivity index (χ1) is 9.74. The molecule has 2 N–H and O–H groups in total. The van der Waals surface area contributed by atoms with Gasteiger partial charge in [0.25, 0.3) is 5.91 Å². The third kappa shape index (κ3) is 2.48. The SMILES string of the molecule is CC(C(=O)Nc1cccc(-n2cccn2)c1)=C1CNC1. The fourth-order valence-corrected chi connectivity index (χ4v) is 2.05. The van der Waals surface area contributed by atoms with Crippen LogP contribution in [0.1, 0.15) is 6.92 Å². The molecule has 2 aromatic rings. The lowest BCUT2D eigenvalue weighted by Gasteiger charge is -2.21. The van der Waals surface area contributed by atoms with E-state index in [1.54, 1.807) is 10.9 Å². The molecule has 0 radical (unpaired) electrons. The van der Waals surface area contributed by atoms with E-state index in [0.29, 0.717) is 0 Å². The second kappa shape index (κ2) is 5.30. The number of amides is 1. The minimum atomic E-state index is -0.0425. The second-order valence-electron chi connectivity index (χ2n) is 4.79. The summed E-state index contributed by atoms with van der Waals surface area (Å²) >= 11 is 0. The van der Waals surface area contributed by atoms with E-state index in [2.05, 4.69) is 15.7 Å². The molecule has 0 spiro atoms. The predicted molar refractivity (Wildman–Crippen MR) is 77.8 cm³/mol. The molecule has 0 atom stereocenters. The molecule has 1 aromatic carbocycles. The van der Waals surface area contributed by atoms with E-state index in [1.165, 1.54) is 5.57 Å². The highest BCUT2D eigenvalue weighted by molar-refractivity contribution is 6.04. The zero-order valence-electron chi connectivity index (χ0n) is 11.3. The smallest absolute Gasteiger partial charge is 0.251 e. The molecule has 1 fully saturated rings. The van der Waals surface area contributed by atoms with Crippen molar-refractivity contribution in [2.45, 2.75) is 6.92 Å². The van der Waals surface area contributed by atoms with Crippen molar-refractivity contribution in [1.82, 2.24) is 15.1 Å². The van der Waals surface area contributed by atoms with Crippen LogP contribution in [0.5, 0.6) is 0 Å². The molecule has 20 heavy (non-hydrogen) atoms. The largest absolute Gasteiger partial charge is 0.322 e. The van der Waals surface area contributed by atoms with Gasteiger partial charge in [-0.1, -0.05) is 6.07 Å². The van der Waals surface area contributed by atoms with Crippen molar-refractivity contribution in [2.24, 2.45) is 0 Å². The third-order valence-corrected chi connectivity index (χ3v) is 3.42. The number of carbonyl (C=O) groups is 1. The maximum absolute atomic E-state index is 12.1. The summed E-state index contributed by atoms with van der Waals surface area (Å²) in [6.45, 7) is 3.49. The summed E-state index contributed by atoms with van der Waals surface area (Å²) in [6, 6.07) is 9.50. The molecule has 1 aliphatic rings. The monoisotopic (exact) mass is 268 g/mol. The van der Waals surface area contributed by atoms with E-state index in [-0.39, 0.29) is 5.91 Å². The Morgan fingerprint density at radius 1 is 1.35 bits per heavy atom. The number of rotatable bonds is 3. The molecule has 3 rings (SSSR count). The van der Waals surface area contributed by atoms with Crippen molar-refractivity contribution in [3.63, 3.8) is 0 Å². The van der Waals surface area contributed by atoms with Crippen LogP contribution in [-0.4, -0.2) is 28.8 Å². The molecule has 0 unspecified atom stereocenters. The van der Waals surface area contributed by atoms with Crippen LogP contribution < -0.4 is 10.6 Å². The number of aromatic nitrogens is 2. The van der Waals surface area contributed by atoms with Gasteiger partial charge in [-0.3, -0.25) is 4.79 Å². The Hall–Kier alpha value is -2.40. The molecule has 0 saturated carbocycles. The highest BCUT2D eigenvalue weighted by Crippen LogP contribution is 2.16. The number of hydrogen-bond acceptors (Lipinski definition) is 3. The molecule has 5 heteroatoms.